The Morgan fingerprint density at radius 1 is 1.37 bits per heavy atom. The van der Waals surface area contributed by atoms with Crippen LogP contribution in [0.2, 0.25) is 0 Å². The van der Waals surface area contributed by atoms with Crippen molar-refractivity contribution in [3.05, 3.63) is 35.6 Å². The number of hydrogen-bond donors (Lipinski definition) is 1. The lowest BCUT2D eigenvalue weighted by Crippen LogP contribution is -2.46. The molecule has 1 heterocycles. The van der Waals surface area contributed by atoms with Crippen molar-refractivity contribution in [3.63, 3.8) is 0 Å². The Morgan fingerprint density at radius 3 is 2.63 bits per heavy atom. The molecule has 1 aromatic rings. The second kappa shape index (κ2) is 6.63. The molecule has 1 unspecified atom stereocenters. The second-order valence-electron chi connectivity index (χ2n) is 4.79. The van der Waals surface area contributed by atoms with Gasteiger partial charge >= 0.3 is 0 Å². The highest BCUT2D eigenvalue weighted by atomic mass is 19.1. The van der Waals surface area contributed by atoms with Crippen LogP contribution in [-0.4, -0.2) is 49.7 Å². The third kappa shape index (κ3) is 4.29. The molecular formula is C14H19FN2O2. The highest BCUT2D eigenvalue weighted by Crippen LogP contribution is 2.04. The van der Waals surface area contributed by atoms with Gasteiger partial charge in [0.25, 0.3) is 5.91 Å². The summed E-state index contributed by atoms with van der Waals surface area (Å²) in [5.41, 5.74) is 0.482. The molecule has 0 bridgehead atoms. The SMILES string of the molecule is CC(CN1CCOCC1)NC(=O)c1ccc(F)cc1. The average molecular weight is 266 g/mol. The number of hydrogen-bond acceptors (Lipinski definition) is 3. The molecule has 104 valence electrons. The summed E-state index contributed by atoms with van der Waals surface area (Å²) in [5.74, 6) is -0.501. The molecule has 1 aliphatic heterocycles. The van der Waals surface area contributed by atoms with E-state index in [9.17, 15) is 9.18 Å². The smallest absolute Gasteiger partial charge is 0.251 e. The summed E-state index contributed by atoms with van der Waals surface area (Å²) < 4.78 is 18.0. The molecule has 1 N–H and O–H groups in total. The number of ether oxygens (including phenoxy) is 1. The van der Waals surface area contributed by atoms with Crippen molar-refractivity contribution in [2.75, 3.05) is 32.8 Å². The van der Waals surface area contributed by atoms with E-state index in [4.69, 9.17) is 4.74 Å². The zero-order chi connectivity index (χ0) is 13.7. The summed E-state index contributed by atoms with van der Waals surface area (Å²) in [6, 6.07) is 5.62. The lowest BCUT2D eigenvalue weighted by molar-refractivity contribution is 0.0342. The van der Waals surface area contributed by atoms with Gasteiger partial charge in [0.2, 0.25) is 0 Å². The largest absolute Gasteiger partial charge is 0.379 e. The Balaban J connectivity index is 1.82. The number of nitrogens with zero attached hydrogens (tertiary/aromatic N) is 1. The predicted octanol–water partition coefficient (Wildman–Crippen LogP) is 1.28. The molecule has 19 heavy (non-hydrogen) atoms. The van der Waals surface area contributed by atoms with Gasteiger partial charge in [0.1, 0.15) is 5.82 Å². The second-order valence-corrected chi connectivity index (χ2v) is 4.79. The summed E-state index contributed by atoms with van der Waals surface area (Å²) in [5, 5.41) is 2.92. The van der Waals surface area contributed by atoms with Crippen molar-refractivity contribution in [3.8, 4) is 0 Å². The van der Waals surface area contributed by atoms with Gasteiger partial charge in [-0.15, -0.1) is 0 Å². The molecule has 0 aromatic heterocycles. The van der Waals surface area contributed by atoms with Gasteiger partial charge < -0.3 is 10.1 Å². The molecule has 1 fully saturated rings. The van der Waals surface area contributed by atoms with Crippen molar-refractivity contribution in [2.24, 2.45) is 0 Å². The summed E-state index contributed by atoms with van der Waals surface area (Å²) >= 11 is 0. The van der Waals surface area contributed by atoms with Crippen LogP contribution in [0.15, 0.2) is 24.3 Å². The first-order valence-electron chi connectivity index (χ1n) is 6.51. The molecule has 1 atom stereocenters. The number of rotatable bonds is 4. The van der Waals surface area contributed by atoms with Gasteiger partial charge in [-0.2, -0.15) is 0 Å². The van der Waals surface area contributed by atoms with Gasteiger partial charge in [-0.25, -0.2) is 4.39 Å². The molecule has 1 aromatic carbocycles. The number of benzene rings is 1. The van der Waals surface area contributed by atoms with E-state index in [1.807, 2.05) is 6.92 Å². The molecular weight excluding hydrogens is 247 g/mol. The first-order valence-corrected chi connectivity index (χ1v) is 6.51. The molecule has 1 saturated heterocycles. The van der Waals surface area contributed by atoms with Crippen LogP contribution in [0.5, 0.6) is 0 Å². The van der Waals surface area contributed by atoms with E-state index in [0.717, 1.165) is 32.8 Å². The normalized spacial score (nSPS) is 18.0. The van der Waals surface area contributed by atoms with E-state index in [1.54, 1.807) is 0 Å². The molecule has 0 saturated carbocycles. The number of amides is 1. The van der Waals surface area contributed by atoms with Gasteiger partial charge in [0.05, 0.1) is 13.2 Å². The lowest BCUT2D eigenvalue weighted by Gasteiger charge is -2.29. The van der Waals surface area contributed by atoms with Crippen LogP contribution in [0.3, 0.4) is 0 Å². The topological polar surface area (TPSA) is 41.6 Å². The van der Waals surface area contributed by atoms with Crippen LogP contribution in [0, 0.1) is 5.82 Å². The number of carbonyl (C=O) groups is 1. The fraction of sp³-hybridized carbons (Fsp3) is 0.500. The molecule has 0 aliphatic carbocycles. The van der Waals surface area contributed by atoms with Crippen LogP contribution < -0.4 is 5.32 Å². The number of morpholine rings is 1. The standard InChI is InChI=1S/C14H19FN2O2/c1-11(10-17-6-8-19-9-7-17)16-14(18)12-2-4-13(15)5-3-12/h2-5,11H,6-10H2,1H3,(H,16,18). The maximum Gasteiger partial charge on any atom is 0.251 e. The summed E-state index contributed by atoms with van der Waals surface area (Å²) in [7, 11) is 0. The summed E-state index contributed by atoms with van der Waals surface area (Å²) in [6.45, 7) is 6.07. The van der Waals surface area contributed by atoms with Crippen LogP contribution in [0.1, 0.15) is 17.3 Å². The van der Waals surface area contributed by atoms with Gasteiger partial charge in [0.15, 0.2) is 0 Å². The summed E-state index contributed by atoms with van der Waals surface area (Å²) in [6.07, 6.45) is 0. The third-order valence-electron chi connectivity index (χ3n) is 3.12. The highest BCUT2D eigenvalue weighted by molar-refractivity contribution is 5.94. The van der Waals surface area contributed by atoms with Gasteiger partial charge in [-0.1, -0.05) is 0 Å². The predicted molar refractivity (Wildman–Crippen MR) is 70.6 cm³/mol. The summed E-state index contributed by atoms with van der Waals surface area (Å²) in [4.78, 5) is 14.2. The third-order valence-corrected chi connectivity index (χ3v) is 3.12. The number of halogens is 1. The lowest BCUT2D eigenvalue weighted by atomic mass is 10.2. The molecule has 0 radical (unpaired) electrons. The Hall–Kier alpha value is -1.46. The average Bonchev–Trinajstić information content (AvgIpc) is 2.40. The van der Waals surface area contributed by atoms with Crippen molar-refractivity contribution in [1.29, 1.82) is 0 Å². The zero-order valence-corrected chi connectivity index (χ0v) is 11.1. The van der Waals surface area contributed by atoms with E-state index < -0.39 is 0 Å². The molecule has 4 nitrogen and oxygen atoms in total. The first kappa shape index (κ1) is 14.0. The number of carbonyl (C=O) groups excluding carboxylic acids is 1. The molecule has 0 spiro atoms. The van der Waals surface area contributed by atoms with Crippen LogP contribution >= 0.6 is 0 Å². The van der Waals surface area contributed by atoms with E-state index in [-0.39, 0.29) is 17.8 Å². The highest BCUT2D eigenvalue weighted by Gasteiger charge is 2.15. The zero-order valence-electron chi connectivity index (χ0n) is 11.1. The fourth-order valence-electron chi connectivity index (χ4n) is 2.13. The van der Waals surface area contributed by atoms with Crippen LogP contribution in [0.25, 0.3) is 0 Å². The first-order chi connectivity index (χ1) is 9.15. The van der Waals surface area contributed by atoms with Crippen LogP contribution in [0.4, 0.5) is 4.39 Å². The Labute approximate surface area is 112 Å². The van der Waals surface area contributed by atoms with E-state index in [0.29, 0.717) is 5.56 Å². The molecule has 1 aliphatic rings. The molecule has 1 amide bonds. The Kier molecular flexibility index (Phi) is 4.87. The molecule has 2 rings (SSSR count). The van der Waals surface area contributed by atoms with E-state index in [1.165, 1.54) is 24.3 Å². The maximum absolute atomic E-state index is 12.8. The number of nitrogens with one attached hydrogen (secondary N) is 1. The van der Waals surface area contributed by atoms with Gasteiger partial charge in [0, 0.05) is 31.2 Å². The monoisotopic (exact) mass is 266 g/mol. The van der Waals surface area contributed by atoms with Crippen LogP contribution in [-0.2, 0) is 4.74 Å². The van der Waals surface area contributed by atoms with Crippen molar-refractivity contribution >= 4 is 5.91 Å². The maximum atomic E-state index is 12.8. The van der Waals surface area contributed by atoms with E-state index in [2.05, 4.69) is 10.2 Å². The van der Waals surface area contributed by atoms with E-state index >= 15 is 0 Å². The van der Waals surface area contributed by atoms with Crippen molar-refractivity contribution in [2.45, 2.75) is 13.0 Å². The van der Waals surface area contributed by atoms with Gasteiger partial charge in [-0.05, 0) is 31.2 Å². The minimum absolute atomic E-state index is 0.0515. The minimum Gasteiger partial charge on any atom is -0.379 e. The van der Waals surface area contributed by atoms with Gasteiger partial charge in [-0.3, -0.25) is 9.69 Å². The Morgan fingerprint density at radius 2 is 2.00 bits per heavy atom. The minimum atomic E-state index is -0.335. The van der Waals surface area contributed by atoms with Crippen molar-refractivity contribution in [1.82, 2.24) is 10.2 Å². The Bertz CT molecular complexity index is 416. The fourth-order valence-corrected chi connectivity index (χ4v) is 2.13. The quantitative estimate of drug-likeness (QED) is 0.892. The molecule has 5 heteroatoms. The van der Waals surface area contributed by atoms with Crippen molar-refractivity contribution < 1.29 is 13.9 Å².